The normalized spacial score (nSPS) is 10.9. The maximum absolute atomic E-state index is 12.8. The lowest BCUT2D eigenvalue weighted by Crippen LogP contribution is -2.20. The number of aryl methyl sites for hydroxylation is 2. The van der Waals surface area contributed by atoms with Crippen LogP contribution in [0.15, 0.2) is 54.6 Å². The Bertz CT molecular complexity index is 1210. The average molecular weight is 471 g/mol. The summed E-state index contributed by atoms with van der Waals surface area (Å²) in [5.74, 6) is -0.274. The van der Waals surface area contributed by atoms with Crippen molar-refractivity contribution in [2.24, 2.45) is 0 Å². The predicted molar refractivity (Wildman–Crippen MR) is 117 cm³/mol. The molecule has 2 N–H and O–H groups in total. The molecule has 0 atom stereocenters. The number of carbonyl (C=O) groups is 2. The minimum atomic E-state index is -4.51. The summed E-state index contributed by atoms with van der Waals surface area (Å²) in [7, 11) is 0. The van der Waals surface area contributed by atoms with Gasteiger partial charge in [-0.3, -0.25) is 9.59 Å². The van der Waals surface area contributed by atoms with Gasteiger partial charge in [0.2, 0.25) is 0 Å². The minimum Gasteiger partial charge on any atom is -0.484 e. The highest BCUT2D eigenvalue weighted by atomic mass is 19.4. The number of anilines is 2. The second kappa shape index (κ2) is 10.5. The summed E-state index contributed by atoms with van der Waals surface area (Å²) in [6.07, 6.45) is -4.27. The second-order valence-corrected chi connectivity index (χ2v) is 7.20. The lowest BCUT2D eigenvalue weighted by Gasteiger charge is -2.11. The van der Waals surface area contributed by atoms with Crippen LogP contribution < -0.4 is 15.4 Å². The van der Waals surface area contributed by atoms with E-state index in [1.54, 1.807) is 13.0 Å². The highest BCUT2D eigenvalue weighted by Crippen LogP contribution is 2.30. The Labute approximate surface area is 192 Å². The van der Waals surface area contributed by atoms with Gasteiger partial charge in [-0.15, -0.1) is 0 Å². The van der Waals surface area contributed by atoms with Crippen molar-refractivity contribution < 1.29 is 27.5 Å². The minimum absolute atomic E-state index is 0.000286. The van der Waals surface area contributed by atoms with Crippen molar-refractivity contribution in [1.82, 2.24) is 9.78 Å². The van der Waals surface area contributed by atoms with Gasteiger partial charge in [-0.2, -0.15) is 23.5 Å². The summed E-state index contributed by atoms with van der Waals surface area (Å²) >= 11 is 0. The van der Waals surface area contributed by atoms with Gasteiger partial charge in [0.1, 0.15) is 11.6 Å². The zero-order valence-corrected chi connectivity index (χ0v) is 18.0. The Balaban J connectivity index is 1.54. The van der Waals surface area contributed by atoms with Gasteiger partial charge in [0.05, 0.1) is 30.3 Å². The van der Waals surface area contributed by atoms with E-state index in [0.29, 0.717) is 29.4 Å². The first-order valence-electron chi connectivity index (χ1n) is 10.1. The van der Waals surface area contributed by atoms with E-state index in [1.807, 2.05) is 6.07 Å². The first kappa shape index (κ1) is 24.3. The molecule has 2 amide bonds. The zero-order chi connectivity index (χ0) is 24.7. The van der Waals surface area contributed by atoms with Crippen LogP contribution in [-0.2, 0) is 17.5 Å². The third-order valence-electron chi connectivity index (χ3n) is 4.54. The fourth-order valence-electron chi connectivity index (χ4n) is 2.98. The number of nitriles is 1. The number of nitrogens with one attached hydrogen (secondary N) is 2. The summed E-state index contributed by atoms with van der Waals surface area (Å²) < 4.78 is 45.2. The Morgan fingerprint density at radius 3 is 2.53 bits per heavy atom. The van der Waals surface area contributed by atoms with Crippen molar-refractivity contribution in [2.45, 2.75) is 26.1 Å². The molecule has 11 heteroatoms. The number of nitrogens with zero attached hydrogens (tertiary/aromatic N) is 3. The molecule has 0 aliphatic heterocycles. The lowest BCUT2D eigenvalue weighted by molar-refractivity contribution is -0.137. The molecular weight excluding hydrogens is 451 g/mol. The molecule has 3 rings (SSSR count). The summed E-state index contributed by atoms with van der Waals surface area (Å²) in [6.45, 7) is 1.68. The van der Waals surface area contributed by atoms with E-state index < -0.39 is 30.2 Å². The topological polar surface area (TPSA) is 109 Å². The number of carbonyl (C=O) groups excluding carboxylic acids is 2. The zero-order valence-electron chi connectivity index (χ0n) is 18.0. The number of aromatic nitrogens is 2. The molecule has 3 aromatic rings. The van der Waals surface area contributed by atoms with Crippen molar-refractivity contribution in [2.75, 3.05) is 17.2 Å². The van der Waals surface area contributed by atoms with Crippen LogP contribution in [0.1, 0.15) is 28.0 Å². The molecule has 0 radical (unpaired) electrons. The van der Waals surface area contributed by atoms with E-state index in [4.69, 9.17) is 10.00 Å². The largest absolute Gasteiger partial charge is 0.484 e. The van der Waals surface area contributed by atoms with E-state index in [-0.39, 0.29) is 12.1 Å². The Kier molecular flexibility index (Phi) is 7.53. The predicted octanol–water partition coefficient (Wildman–Crippen LogP) is 4.39. The maximum atomic E-state index is 12.8. The van der Waals surface area contributed by atoms with E-state index in [0.717, 1.165) is 12.1 Å². The van der Waals surface area contributed by atoms with E-state index >= 15 is 0 Å². The smallest absolute Gasteiger partial charge is 0.416 e. The van der Waals surface area contributed by atoms with Crippen molar-refractivity contribution in [3.05, 3.63) is 71.4 Å². The van der Waals surface area contributed by atoms with E-state index in [1.165, 1.54) is 41.1 Å². The quantitative estimate of drug-likeness (QED) is 0.506. The van der Waals surface area contributed by atoms with Crippen LogP contribution in [0.25, 0.3) is 0 Å². The summed E-state index contributed by atoms with van der Waals surface area (Å²) in [4.78, 5) is 24.5. The van der Waals surface area contributed by atoms with Gasteiger partial charge >= 0.3 is 6.18 Å². The summed E-state index contributed by atoms with van der Waals surface area (Å²) in [5, 5.41) is 18.1. The van der Waals surface area contributed by atoms with Crippen LogP contribution in [0.5, 0.6) is 5.75 Å². The second-order valence-electron chi connectivity index (χ2n) is 7.20. The molecule has 0 unspecified atom stereocenters. The van der Waals surface area contributed by atoms with Crippen LogP contribution in [0, 0.1) is 18.3 Å². The van der Waals surface area contributed by atoms with Gasteiger partial charge in [-0.05, 0) is 49.4 Å². The standard InChI is InChI=1S/C23H20F3N5O3/c1-15-12-20(31(30-15)11-3-10-27)29-22(33)16-6-8-19(9-7-16)34-14-21(32)28-18-5-2-4-17(13-18)23(24,25)26/h2,4-9,12-13H,3,11,14H2,1H3,(H,28,32)(H,29,33). The van der Waals surface area contributed by atoms with Gasteiger partial charge in [-0.1, -0.05) is 6.07 Å². The molecule has 1 heterocycles. The number of ether oxygens (including phenoxy) is 1. The molecule has 34 heavy (non-hydrogen) atoms. The Morgan fingerprint density at radius 1 is 1.12 bits per heavy atom. The van der Waals surface area contributed by atoms with Gasteiger partial charge in [-0.25, -0.2) is 4.68 Å². The van der Waals surface area contributed by atoms with Crippen LogP contribution in [0.4, 0.5) is 24.7 Å². The SMILES string of the molecule is Cc1cc(NC(=O)c2ccc(OCC(=O)Nc3cccc(C(F)(F)F)c3)cc2)n(CCC#N)n1. The molecule has 0 fully saturated rings. The number of hydrogen-bond acceptors (Lipinski definition) is 5. The first-order chi connectivity index (χ1) is 16.2. The molecule has 0 saturated carbocycles. The monoisotopic (exact) mass is 471 g/mol. The molecule has 0 bridgehead atoms. The lowest BCUT2D eigenvalue weighted by atomic mass is 10.2. The molecular formula is C23H20F3N5O3. The van der Waals surface area contributed by atoms with Crippen molar-refractivity contribution in [3.63, 3.8) is 0 Å². The van der Waals surface area contributed by atoms with Gasteiger partial charge in [0.15, 0.2) is 6.61 Å². The van der Waals surface area contributed by atoms with Gasteiger partial charge in [0, 0.05) is 17.3 Å². The fraction of sp³-hybridized carbons (Fsp3) is 0.217. The molecule has 176 valence electrons. The maximum Gasteiger partial charge on any atom is 0.416 e. The first-order valence-corrected chi connectivity index (χ1v) is 10.1. The molecule has 8 nitrogen and oxygen atoms in total. The number of hydrogen-bond donors (Lipinski definition) is 2. The third-order valence-corrected chi connectivity index (χ3v) is 4.54. The van der Waals surface area contributed by atoms with Gasteiger partial charge in [0.25, 0.3) is 11.8 Å². The summed E-state index contributed by atoms with van der Waals surface area (Å²) in [5.41, 5.74) is 0.148. The molecule has 1 aromatic heterocycles. The average Bonchev–Trinajstić information content (AvgIpc) is 3.14. The van der Waals surface area contributed by atoms with Crippen LogP contribution in [-0.4, -0.2) is 28.2 Å². The van der Waals surface area contributed by atoms with Crippen LogP contribution in [0.3, 0.4) is 0 Å². The number of halogens is 3. The van der Waals surface area contributed by atoms with Crippen molar-refractivity contribution in [1.29, 1.82) is 5.26 Å². The van der Waals surface area contributed by atoms with Crippen LogP contribution in [0.2, 0.25) is 0 Å². The fourth-order valence-corrected chi connectivity index (χ4v) is 2.98. The summed E-state index contributed by atoms with van der Waals surface area (Å²) in [6, 6.07) is 14.0. The molecule has 0 aliphatic rings. The Morgan fingerprint density at radius 2 is 1.85 bits per heavy atom. The van der Waals surface area contributed by atoms with E-state index in [2.05, 4.69) is 15.7 Å². The number of alkyl halides is 3. The number of rotatable bonds is 8. The van der Waals surface area contributed by atoms with E-state index in [9.17, 15) is 22.8 Å². The third kappa shape index (κ3) is 6.59. The molecule has 0 spiro atoms. The van der Waals surface area contributed by atoms with Crippen LogP contribution >= 0.6 is 0 Å². The number of benzene rings is 2. The Hall–Kier alpha value is -4.33. The van der Waals surface area contributed by atoms with Crippen molar-refractivity contribution >= 4 is 23.3 Å². The highest BCUT2D eigenvalue weighted by Gasteiger charge is 2.30. The van der Waals surface area contributed by atoms with Gasteiger partial charge < -0.3 is 15.4 Å². The molecule has 2 aromatic carbocycles. The molecule has 0 aliphatic carbocycles. The van der Waals surface area contributed by atoms with Crippen molar-refractivity contribution in [3.8, 4) is 11.8 Å². The highest BCUT2D eigenvalue weighted by molar-refractivity contribution is 6.03. The number of amides is 2. The molecule has 0 saturated heterocycles.